The summed E-state index contributed by atoms with van der Waals surface area (Å²) in [5.41, 5.74) is 5.82. The van der Waals surface area contributed by atoms with Crippen molar-refractivity contribution in [3.63, 3.8) is 0 Å². The molecule has 2 aromatic rings. The first-order chi connectivity index (χ1) is 8.58. The lowest BCUT2D eigenvalue weighted by atomic mass is 10.2. The predicted octanol–water partition coefficient (Wildman–Crippen LogP) is 2.19. The van der Waals surface area contributed by atoms with Gasteiger partial charge in [0, 0.05) is 24.1 Å². The smallest absolute Gasteiger partial charge is 0.259 e. The highest BCUT2D eigenvalue weighted by Gasteiger charge is 2.12. The van der Waals surface area contributed by atoms with Crippen LogP contribution < -0.4 is 11.1 Å². The molecule has 0 aliphatic carbocycles. The standard InChI is InChI=1S/C12H9F2N3O/c13-7-1-2-11(9(14)5-7)17-12(18)8-6-16-4-3-10(8)15/h1-6H,(H2,15,16)(H,17,18). The molecule has 92 valence electrons. The molecule has 0 fully saturated rings. The number of hydrogen-bond donors (Lipinski definition) is 2. The number of rotatable bonds is 2. The first kappa shape index (κ1) is 12.0. The fourth-order valence-electron chi connectivity index (χ4n) is 1.38. The summed E-state index contributed by atoms with van der Waals surface area (Å²) in [7, 11) is 0. The van der Waals surface area contributed by atoms with Gasteiger partial charge < -0.3 is 11.1 Å². The van der Waals surface area contributed by atoms with E-state index < -0.39 is 17.5 Å². The Hall–Kier alpha value is -2.50. The number of nitrogens with zero attached hydrogens (tertiary/aromatic N) is 1. The zero-order valence-electron chi connectivity index (χ0n) is 9.15. The molecule has 0 saturated heterocycles. The van der Waals surface area contributed by atoms with Gasteiger partial charge in [-0.15, -0.1) is 0 Å². The molecule has 6 heteroatoms. The van der Waals surface area contributed by atoms with E-state index in [1.54, 1.807) is 0 Å². The maximum absolute atomic E-state index is 13.3. The lowest BCUT2D eigenvalue weighted by molar-refractivity contribution is 0.102. The molecule has 1 aromatic heterocycles. The highest BCUT2D eigenvalue weighted by atomic mass is 19.1. The number of anilines is 2. The number of aromatic nitrogens is 1. The molecule has 0 saturated carbocycles. The van der Waals surface area contributed by atoms with Crippen molar-refractivity contribution in [2.75, 3.05) is 11.1 Å². The highest BCUT2D eigenvalue weighted by molar-refractivity contribution is 6.07. The lowest BCUT2D eigenvalue weighted by Gasteiger charge is -2.07. The molecule has 1 heterocycles. The van der Waals surface area contributed by atoms with E-state index in [9.17, 15) is 13.6 Å². The zero-order valence-corrected chi connectivity index (χ0v) is 9.15. The predicted molar refractivity (Wildman–Crippen MR) is 63.0 cm³/mol. The van der Waals surface area contributed by atoms with Gasteiger partial charge >= 0.3 is 0 Å². The Kier molecular flexibility index (Phi) is 3.18. The van der Waals surface area contributed by atoms with Crippen molar-refractivity contribution in [1.82, 2.24) is 4.98 Å². The van der Waals surface area contributed by atoms with Gasteiger partial charge in [-0.25, -0.2) is 8.78 Å². The molecule has 1 aromatic carbocycles. The highest BCUT2D eigenvalue weighted by Crippen LogP contribution is 2.17. The summed E-state index contributed by atoms with van der Waals surface area (Å²) in [4.78, 5) is 15.5. The van der Waals surface area contributed by atoms with Crippen LogP contribution in [0.1, 0.15) is 10.4 Å². The van der Waals surface area contributed by atoms with Crippen LogP contribution >= 0.6 is 0 Å². The summed E-state index contributed by atoms with van der Waals surface area (Å²) in [6.07, 6.45) is 2.71. The summed E-state index contributed by atoms with van der Waals surface area (Å²) in [6, 6.07) is 4.32. The van der Waals surface area contributed by atoms with Gasteiger partial charge in [0.1, 0.15) is 11.6 Å². The van der Waals surface area contributed by atoms with Gasteiger partial charge in [0.15, 0.2) is 0 Å². The van der Waals surface area contributed by atoms with Crippen LogP contribution in [0.3, 0.4) is 0 Å². The number of halogens is 2. The second-order valence-corrected chi connectivity index (χ2v) is 3.54. The number of nitrogen functional groups attached to an aromatic ring is 1. The van der Waals surface area contributed by atoms with E-state index in [1.165, 1.54) is 18.5 Å². The summed E-state index contributed by atoms with van der Waals surface area (Å²) >= 11 is 0. The van der Waals surface area contributed by atoms with Crippen molar-refractivity contribution in [2.45, 2.75) is 0 Å². The van der Waals surface area contributed by atoms with Gasteiger partial charge in [0.25, 0.3) is 5.91 Å². The summed E-state index contributed by atoms with van der Waals surface area (Å²) in [6.45, 7) is 0. The third kappa shape index (κ3) is 2.42. The molecule has 0 atom stereocenters. The molecule has 0 unspecified atom stereocenters. The number of hydrogen-bond acceptors (Lipinski definition) is 3. The summed E-state index contributed by atoms with van der Waals surface area (Å²) in [5, 5.41) is 2.29. The SMILES string of the molecule is Nc1ccncc1C(=O)Nc1ccc(F)cc1F. The molecule has 1 amide bonds. The van der Waals surface area contributed by atoms with Crippen molar-refractivity contribution < 1.29 is 13.6 Å². The van der Waals surface area contributed by atoms with Crippen LogP contribution in [0.4, 0.5) is 20.2 Å². The van der Waals surface area contributed by atoms with Crippen LogP contribution in [0.15, 0.2) is 36.7 Å². The Morgan fingerprint density at radius 1 is 1.28 bits per heavy atom. The Balaban J connectivity index is 2.24. The lowest BCUT2D eigenvalue weighted by Crippen LogP contribution is -2.15. The van der Waals surface area contributed by atoms with Crippen LogP contribution in [-0.4, -0.2) is 10.9 Å². The van der Waals surface area contributed by atoms with E-state index in [0.717, 1.165) is 12.1 Å². The number of carbonyl (C=O) groups excluding carboxylic acids is 1. The average Bonchev–Trinajstić information content (AvgIpc) is 2.33. The van der Waals surface area contributed by atoms with Gasteiger partial charge in [0.2, 0.25) is 0 Å². The van der Waals surface area contributed by atoms with Crippen LogP contribution in [0.25, 0.3) is 0 Å². The molecule has 3 N–H and O–H groups in total. The van der Waals surface area contributed by atoms with E-state index in [-0.39, 0.29) is 16.9 Å². The molecular formula is C12H9F2N3O. The molecule has 0 spiro atoms. The number of benzene rings is 1. The van der Waals surface area contributed by atoms with Crippen molar-refractivity contribution in [3.05, 3.63) is 53.9 Å². The Morgan fingerprint density at radius 3 is 2.72 bits per heavy atom. The van der Waals surface area contributed by atoms with Crippen LogP contribution in [-0.2, 0) is 0 Å². The van der Waals surface area contributed by atoms with Crippen LogP contribution in [0.5, 0.6) is 0 Å². The molecule has 0 bridgehead atoms. The van der Waals surface area contributed by atoms with Crippen molar-refractivity contribution in [2.24, 2.45) is 0 Å². The van der Waals surface area contributed by atoms with Crippen molar-refractivity contribution >= 4 is 17.3 Å². The monoisotopic (exact) mass is 249 g/mol. The largest absolute Gasteiger partial charge is 0.398 e. The Morgan fingerprint density at radius 2 is 2.06 bits per heavy atom. The molecule has 4 nitrogen and oxygen atoms in total. The van der Waals surface area contributed by atoms with Gasteiger partial charge in [-0.3, -0.25) is 9.78 Å². The number of amides is 1. The fourth-order valence-corrected chi connectivity index (χ4v) is 1.38. The van der Waals surface area contributed by atoms with Gasteiger partial charge in [-0.1, -0.05) is 0 Å². The third-order valence-electron chi connectivity index (χ3n) is 2.28. The van der Waals surface area contributed by atoms with Gasteiger partial charge in [0.05, 0.1) is 11.3 Å². The number of carbonyl (C=O) groups is 1. The maximum Gasteiger partial charge on any atom is 0.259 e. The first-order valence-electron chi connectivity index (χ1n) is 5.04. The minimum atomic E-state index is -0.856. The van der Waals surface area contributed by atoms with Crippen molar-refractivity contribution in [3.8, 4) is 0 Å². The van der Waals surface area contributed by atoms with E-state index in [2.05, 4.69) is 10.3 Å². The maximum atomic E-state index is 13.3. The average molecular weight is 249 g/mol. The van der Waals surface area contributed by atoms with E-state index in [4.69, 9.17) is 5.73 Å². The Labute approximate surface area is 101 Å². The van der Waals surface area contributed by atoms with E-state index in [0.29, 0.717) is 6.07 Å². The normalized spacial score (nSPS) is 10.1. The summed E-state index contributed by atoms with van der Waals surface area (Å²) in [5.74, 6) is -2.18. The first-order valence-corrected chi connectivity index (χ1v) is 5.04. The Bertz CT molecular complexity index is 602. The fraction of sp³-hybridized carbons (Fsp3) is 0. The molecular weight excluding hydrogens is 240 g/mol. The number of nitrogens with one attached hydrogen (secondary N) is 1. The van der Waals surface area contributed by atoms with Gasteiger partial charge in [-0.05, 0) is 18.2 Å². The minimum absolute atomic E-state index is 0.121. The molecule has 0 radical (unpaired) electrons. The topological polar surface area (TPSA) is 68.0 Å². The molecule has 0 aliphatic heterocycles. The third-order valence-corrected chi connectivity index (χ3v) is 2.28. The second kappa shape index (κ2) is 4.79. The quantitative estimate of drug-likeness (QED) is 0.857. The number of pyridine rings is 1. The van der Waals surface area contributed by atoms with Crippen molar-refractivity contribution in [1.29, 1.82) is 0 Å². The van der Waals surface area contributed by atoms with Crippen LogP contribution in [0, 0.1) is 11.6 Å². The van der Waals surface area contributed by atoms with Crippen LogP contribution in [0.2, 0.25) is 0 Å². The second-order valence-electron chi connectivity index (χ2n) is 3.54. The molecule has 0 aliphatic rings. The molecule has 18 heavy (non-hydrogen) atoms. The summed E-state index contributed by atoms with van der Waals surface area (Å²) < 4.78 is 26.0. The zero-order chi connectivity index (χ0) is 13.1. The minimum Gasteiger partial charge on any atom is -0.398 e. The molecule has 2 rings (SSSR count). The number of nitrogens with two attached hydrogens (primary N) is 1. The van der Waals surface area contributed by atoms with Gasteiger partial charge in [-0.2, -0.15) is 0 Å². The van der Waals surface area contributed by atoms with E-state index in [1.807, 2.05) is 0 Å². The van der Waals surface area contributed by atoms with E-state index >= 15 is 0 Å².